The Morgan fingerprint density at radius 3 is 2.48 bits per heavy atom. The van der Waals surface area contributed by atoms with Crippen LogP contribution >= 0.6 is 0 Å². The average Bonchev–Trinajstić information content (AvgIpc) is 2.96. The van der Waals surface area contributed by atoms with Crippen molar-refractivity contribution in [2.24, 2.45) is 5.92 Å². The normalized spacial score (nSPS) is 23.7. The van der Waals surface area contributed by atoms with Gasteiger partial charge in [0.25, 0.3) is 0 Å². The summed E-state index contributed by atoms with van der Waals surface area (Å²) < 4.78 is 12.5. The topological polar surface area (TPSA) is 77.9 Å². The van der Waals surface area contributed by atoms with E-state index in [1.54, 1.807) is 0 Å². The Morgan fingerprint density at radius 1 is 1.24 bits per heavy atom. The first kappa shape index (κ1) is 15.7. The summed E-state index contributed by atoms with van der Waals surface area (Å²) in [6, 6.07) is -0.990. The number of aliphatic carboxylic acids is 1. The Balaban J connectivity index is 2.12. The molecule has 21 heavy (non-hydrogen) atoms. The molecule has 0 aromatic carbocycles. The van der Waals surface area contributed by atoms with Gasteiger partial charge in [-0.15, -0.1) is 0 Å². The van der Waals surface area contributed by atoms with Gasteiger partial charge < -0.3 is 14.9 Å². The van der Waals surface area contributed by atoms with Gasteiger partial charge in [0.15, 0.2) is 0 Å². The lowest BCUT2D eigenvalue weighted by Crippen LogP contribution is -2.60. The number of rotatable bonds is 5. The van der Waals surface area contributed by atoms with E-state index in [2.05, 4.69) is 0 Å². The Hall–Kier alpha value is -1.66. The number of alkyl halides is 1. The van der Waals surface area contributed by atoms with E-state index in [0.717, 1.165) is 25.7 Å². The van der Waals surface area contributed by atoms with Crippen LogP contribution in [-0.2, 0) is 14.4 Å². The van der Waals surface area contributed by atoms with Gasteiger partial charge in [0.1, 0.15) is 12.7 Å². The number of carbonyl (C=O) groups excluding carboxylic acids is 2. The number of carbonyl (C=O) groups is 3. The molecule has 2 fully saturated rings. The molecule has 1 unspecified atom stereocenters. The van der Waals surface area contributed by atoms with E-state index in [-0.39, 0.29) is 24.9 Å². The predicted molar refractivity (Wildman–Crippen MR) is 72.3 cm³/mol. The highest BCUT2D eigenvalue weighted by molar-refractivity contribution is 5.92. The van der Waals surface area contributed by atoms with Crippen molar-refractivity contribution in [2.75, 3.05) is 26.3 Å². The highest BCUT2D eigenvalue weighted by Crippen LogP contribution is 2.28. The summed E-state index contributed by atoms with van der Waals surface area (Å²) in [6.07, 6.45) is 3.18. The molecule has 1 heterocycles. The number of carboxylic acids is 1. The van der Waals surface area contributed by atoms with Crippen molar-refractivity contribution in [3.63, 3.8) is 0 Å². The molecule has 1 saturated heterocycles. The molecule has 0 aromatic heterocycles. The summed E-state index contributed by atoms with van der Waals surface area (Å²) in [5.74, 6) is -1.79. The maximum Gasteiger partial charge on any atom is 0.305 e. The van der Waals surface area contributed by atoms with Crippen molar-refractivity contribution in [1.82, 2.24) is 9.80 Å². The molecule has 0 bridgehead atoms. The largest absolute Gasteiger partial charge is 0.481 e. The van der Waals surface area contributed by atoms with E-state index in [1.165, 1.54) is 9.80 Å². The molecule has 1 saturated carbocycles. The molecule has 2 aliphatic rings. The van der Waals surface area contributed by atoms with Crippen LogP contribution in [0.4, 0.5) is 4.39 Å². The fourth-order valence-electron chi connectivity index (χ4n) is 3.20. The van der Waals surface area contributed by atoms with E-state index in [1.807, 2.05) is 0 Å². The van der Waals surface area contributed by atoms with Gasteiger partial charge in [-0.1, -0.05) is 12.8 Å². The van der Waals surface area contributed by atoms with E-state index in [9.17, 15) is 18.8 Å². The first-order valence-corrected chi connectivity index (χ1v) is 7.41. The zero-order chi connectivity index (χ0) is 15.4. The second-order valence-electron chi connectivity index (χ2n) is 5.64. The molecule has 1 N–H and O–H groups in total. The number of hydrogen-bond donors (Lipinski definition) is 1. The lowest BCUT2D eigenvalue weighted by molar-refractivity contribution is -0.157. The lowest BCUT2D eigenvalue weighted by atomic mass is 10.0. The minimum Gasteiger partial charge on any atom is -0.481 e. The second-order valence-corrected chi connectivity index (χ2v) is 5.64. The van der Waals surface area contributed by atoms with E-state index >= 15 is 0 Å². The molecular weight excluding hydrogens is 279 g/mol. The van der Waals surface area contributed by atoms with Gasteiger partial charge in [-0.3, -0.25) is 14.4 Å². The lowest BCUT2D eigenvalue weighted by Gasteiger charge is -2.40. The van der Waals surface area contributed by atoms with Gasteiger partial charge in [0, 0.05) is 25.6 Å². The minimum atomic E-state index is -1.13. The van der Waals surface area contributed by atoms with E-state index < -0.39 is 31.0 Å². The number of piperazine rings is 1. The third-order valence-corrected chi connectivity index (χ3v) is 4.29. The first-order chi connectivity index (χ1) is 10.0. The maximum absolute atomic E-state index is 12.5. The van der Waals surface area contributed by atoms with Crippen molar-refractivity contribution >= 4 is 17.8 Å². The van der Waals surface area contributed by atoms with Gasteiger partial charge in [-0.05, 0) is 12.8 Å². The SMILES string of the molecule is O=C(O)CC1C(=O)N(CCF)CCN1C(=O)C1CCCC1. The van der Waals surface area contributed by atoms with Crippen LogP contribution in [0.2, 0.25) is 0 Å². The molecule has 6 nitrogen and oxygen atoms in total. The summed E-state index contributed by atoms with van der Waals surface area (Å²) in [5, 5.41) is 8.98. The Kier molecular flexibility index (Phi) is 5.14. The molecule has 2 rings (SSSR count). The maximum atomic E-state index is 12.5. The Bertz CT molecular complexity index is 423. The average molecular weight is 300 g/mol. The predicted octanol–water partition coefficient (Wildman–Crippen LogP) is 0.660. The minimum absolute atomic E-state index is 0.0413. The molecule has 0 spiro atoms. The second kappa shape index (κ2) is 6.87. The van der Waals surface area contributed by atoms with Crippen LogP contribution in [0.1, 0.15) is 32.1 Å². The smallest absolute Gasteiger partial charge is 0.305 e. The van der Waals surface area contributed by atoms with Gasteiger partial charge in [0.05, 0.1) is 6.42 Å². The molecule has 1 atom stereocenters. The van der Waals surface area contributed by atoms with Crippen LogP contribution in [0.5, 0.6) is 0 Å². The number of hydrogen-bond acceptors (Lipinski definition) is 3. The summed E-state index contributed by atoms with van der Waals surface area (Å²) >= 11 is 0. The standard InChI is InChI=1S/C14H21FN2O4/c15-5-6-16-7-8-17(11(14(16)21)9-12(18)19)13(20)10-3-1-2-4-10/h10-11H,1-9H2,(H,18,19). The van der Waals surface area contributed by atoms with Gasteiger partial charge in [-0.2, -0.15) is 0 Å². The van der Waals surface area contributed by atoms with Gasteiger partial charge in [0.2, 0.25) is 11.8 Å². The van der Waals surface area contributed by atoms with E-state index in [4.69, 9.17) is 5.11 Å². The van der Waals surface area contributed by atoms with Crippen LogP contribution in [0.3, 0.4) is 0 Å². The molecule has 0 radical (unpaired) electrons. The van der Waals surface area contributed by atoms with Gasteiger partial charge >= 0.3 is 5.97 Å². The Labute approximate surface area is 122 Å². The van der Waals surface area contributed by atoms with Gasteiger partial charge in [-0.25, -0.2) is 4.39 Å². The number of halogens is 1. The fourth-order valence-corrected chi connectivity index (χ4v) is 3.20. The van der Waals surface area contributed by atoms with Crippen LogP contribution in [0.25, 0.3) is 0 Å². The first-order valence-electron chi connectivity index (χ1n) is 7.41. The quantitative estimate of drug-likeness (QED) is 0.809. The summed E-state index contributed by atoms with van der Waals surface area (Å²) in [5.41, 5.74) is 0. The third kappa shape index (κ3) is 3.51. The summed E-state index contributed by atoms with van der Waals surface area (Å²) in [4.78, 5) is 38.5. The molecule has 0 aromatic rings. The van der Waals surface area contributed by atoms with Crippen molar-refractivity contribution in [3.8, 4) is 0 Å². The van der Waals surface area contributed by atoms with Crippen LogP contribution in [0.15, 0.2) is 0 Å². The van der Waals surface area contributed by atoms with Crippen LogP contribution in [0, 0.1) is 5.92 Å². The monoisotopic (exact) mass is 300 g/mol. The van der Waals surface area contributed by atoms with Crippen molar-refractivity contribution in [2.45, 2.75) is 38.1 Å². The van der Waals surface area contributed by atoms with Crippen LogP contribution < -0.4 is 0 Å². The number of nitrogens with zero attached hydrogens (tertiary/aromatic N) is 2. The third-order valence-electron chi connectivity index (χ3n) is 4.29. The molecular formula is C14H21FN2O4. The fraction of sp³-hybridized carbons (Fsp3) is 0.786. The van der Waals surface area contributed by atoms with Crippen molar-refractivity contribution in [1.29, 1.82) is 0 Å². The van der Waals surface area contributed by atoms with Crippen LogP contribution in [-0.4, -0.2) is 65.0 Å². The zero-order valence-corrected chi connectivity index (χ0v) is 12.0. The number of carboxylic acid groups (broad SMARTS) is 1. The summed E-state index contributed by atoms with van der Waals surface area (Å²) in [6.45, 7) is -0.140. The zero-order valence-electron chi connectivity index (χ0n) is 12.0. The highest BCUT2D eigenvalue weighted by Gasteiger charge is 2.40. The van der Waals surface area contributed by atoms with E-state index in [0.29, 0.717) is 6.54 Å². The molecule has 1 aliphatic heterocycles. The molecule has 1 aliphatic carbocycles. The molecule has 2 amide bonds. The van der Waals surface area contributed by atoms with Crippen molar-refractivity contribution < 1.29 is 23.9 Å². The Morgan fingerprint density at radius 2 is 1.90 bits per heavy atom. The summed E-state index contributed by atoms with van der Waals surface area (Å²) in [7, 11) is 0. The number of amides is 2. The highest BCUT2D eigenvalue weighted by atomic mass is 19.1. The van der Waals surface area contributed by atoms with Crippen molar-refractivity contribution in [3.05, 3.63) is 0 Å². The molecule has 118 valence electrons. The molecule has 7 heteroatoms.